The number of benzene rings is 1. The molecular weight excluding hydrogens is 206 g/mol. The monoisotopic (exact) mass is 216 g/mol. The number of aryl methyl sites for hydroxylation is 2. The third-order valence-electron chi connectivity index (χ3n) is 1.97. The van der Waals surface area contributed by atoms with Gasteiger partial charge in [0.1, 0.15) is 5.75 Å². The largest absolute Gasteiger partial charge is 0.501 e. The van der Waals surface area contributed by atoms with Crippen molar-refractivity contribution in [1.82, 2.24) is 0 Å². The summed E-state index contributed by atoms with van der Waals surface area (Å²) < 4.78 is 29.4. The number of carboxylic acids is 1. The van der Waals surface area contributed by atoms with Crippen LogP contribution in [0.1, 0.15) is 11.1 Å². The fourth-order valence-electron chi connectivity index (χ4n) is 0.969. The summed E-state index contributed by atoms with van der Waals surface area (Å²) in [5.41, 5.74) is 1.68. The second kappa shape index (κ2) is 3.84. The highest BCUT2D eigenvalue weighted by atomic mass is 19.3. The molecule has 0 saturated carbocycles. The van der Waals surface area contributed by atoms with Gasteiger partial charge in [0.25, 0.3) is 0 Å². The SMILES string of the molecule is Cc1ccc(OC(F)(F)C(=O)O)cc1C. The van der Waals surface area contributed by atoms with Crippen LogP contribution in [-0.4, -0.2) is 17.2 Å². The van der Waals surface area contributed by atoms with Crippen molar-refractivity contribution < 1.29 is 23.4 Å². The zero-order valence-electron chi connectivity index (χ0n) is 8.25. The van der Waals surface area contributed by atoms with Crippen molar-refractivity contribution in [3.8, 4) is 5.75 Å². The molecule has 0 heterocycles. The normalized spacial score (nSPS) is 11.2. The van der Waals surface area contributed by atoms with Crippen molar-refractivity contribution in [2.45, 2.75) is 20.0 Å². The summed E-state index contributed by atoms with van der Waals surface area (Å²) in [5.74, 6) is -2.47. The second-order valence-corrected chi connectivity index (χ2v) is 3.17. The Morgan fingerprint density at radius 1 is 1.33 bits per heavy atom. The molecule has 3 nitrogen and oxygen atoms in total. The van der Waals surface area contributed by atoms with E-state index < -0.39 is 12.1 Å². The number of carbonyl (C=O) groups is 1. The van der Waals surface area contributed by atoms with Gasteiger partial charge >= 0.3 is 12.1 Å². The van der Waals surface area contributed by atoms with Crippen molar-refractivity contribution >= 4 is 5.97 Å². The standard InChI is InChI=1S/C10H10F2O3/c1-6-3-4-8(5-7(6)2)15-10(11,12)9(13)14/h3-5H,1-2H3,(H,13,14). The number of hydrogen-bond acceptors (Lipinski definition) is 2. The molecule has 0 bridgehead atoms. The number of alkyl halides is 2. The van der Waals surface area contributed by atoms with Crippen LogP contribution in [0.3, 0.4) is 0 Å². The molecule has 0 unspecified atom stereocenters. The third kappa shape index (κ3) is 2.65. The highest BCUT2D eigenvalue weighted by Crippen LogP contribution is 2.23. The van der Waals surface area contributed by atoms with Gasteiger partial charge < -0.3 is 9.84 Å². The number of ether oxygens (including phenoxy) is 1. The number of carboxylic acid groups (broad SMARTS) is 1. The van der Waals surface area contributed by atoms with Crippen molar-refractivity contribution in [3.63, 3.8) is 0 Å². The van der Waals surface area contributed by atoms with Crippen molar-refractivity contribution in [2.24, 2.45) is 0 Å². The average Bonchev–Trinajstić information content (AvgIpc) is 2.10. The van der Waals surface area contributed by atoms with Gasteiger partial charge in [0, 0.05) is 0 Å². The van der Waals surface area contributed by atoms with E-state index in [2.05, 4.69) is 4.74 Å². The zero-order valence-corrected chi connectivity index (χ0v) is 8.25. The van der Waals surface area contributed by atoms with E-state index in [0.717, 1.165) is 11.1 Å². The number of aliphatic carboxylic acids is 1. The lowest BCUT2D eigenvalue weighted by Gasteiger charge is -2.13. The van der Waals surface area contributed by atoms with Crippen LogP contribution in [-0.2, 0) is 4.79 Å². The molecular formula is C10H10F2O3. The molecule has 0 atom stereocenters. The molecule has 1 aromatic rings. The van der Waals surface area contributed by atoms with Crippen molar-refractivity contribution in [2.75, 3.05) is 0 Å². The molecule has 0 saturated heterocycles. The number of hydrogen-bond donors (Lipinski definition) is 1. The maximum absolute atomic E-state index is 12.6. The van der Waals surface area contributed by atoms with Gasteiger partial charge in [-0.1, -0.05) is 6.07 Å². The predicted molar refractivity (Wildman–Crippen MR) is 49.1 cm³/mol. The van der Waals surface area contributed by atoms with E-state index in [0.29, 0.717) is 0 Å². The Labute approximate surface area is 85.3 Å². The summed E-state index contributed by atoms with van der Waals surface area (Å²) in [6.45, 7) is 3.54. The molecule has 0 spiro atoms. The van der Waals surface area contributed by atoms with Crippen LogP contribution < -0.4 is 4.74 Å². The molecule has 82 valence electrons. The lowest BCUT2D eigenvalue weighted by atomic mass is 10.1. The molecule has 0 aromatic heterocycles. The van der Waals surface area contributed by atoms with Gasteiger partial charge in [-0.2, -0.15) is 8.78 Å². The fraction of sp³-hybridized carbons (Fsp3) is 0.300. The summed E-state index contributed by atoms with van der Waals surface area (Å²) in [7, 11) is 0. The maximum Gasteiger partial charge on any atom is 0.501 e. The average molecular weight is 216 g/mol. The smallest absolute Gasteiger partial charge is 0.474 e. The number of halogens is 2. The molecule has 0 aliphatic rings. The molecule has 0 radical (unpaired) electrons. The van der Waals surface area contributed by atoms with E-state index in [1.54, 1.807) is 13.0 Å². The molecule has 0 amide bonds. The van der Waals surface area contributed by atoms with Crippen LogP contribution in [0, 0.1) is 13.8 Å². The van der Waals surface area contributed by atoms with Crippen LogP contribution in [0.5, 0.6) is 5.75 Å². The Morgan fingerprint density at radius 3 is 2.40 bits per heavy atom. The van der Waals surface area contributed by atoms with Crippen molar-refractivity contribution in [1.29, 1.82) is 0 Å². The summed E-state index contributed by atoms with van der Waals surface area (Å²) in [6.07, 6.45) is -4.19. The molecule has 1 rings (SSSR count). The predicted octanol–water partition coefficient (Wildman–Crippen LogP) is 2.36. The van der Waals surface area contributed by atoms with Crippen LogP contribution in [0.15, 0.2) is 18.2 Å². The highest BCUT2D eigenvalue weighted by Gasteiger charge is 2.42. The molecule has 0 aliphatic carbocycles. The lowest BCUT2D eigenvalue weighted by Crippen LogP contribution is -2.34. The first-order chi connectivity index (χ1) is 6.83. The van der Waals surface area contributed by atoms with E-state index in [9.17, 15) is 13.6 Å². The Morgan fingerprint density at radius 2 is 1.93 bits per heavy atom. The molecule has 1 N–H and O–H groups in total. The first-order valence-corrected chi connectivity index (χ1v) is 4.20. The summed E-state index contributed by atoms with van der Waals surface area (Å²) in [6, 6.07) is 4.26. The first kappa shape index (κ1) is 11.4. The Bertz CT molecular complexity index is 388. The maximum atomic E-state index is 12.6. The first-order valence-electron chi connectivity index (χ1n) is 4.20. The van der Waals surface area contributed by atoms with Gasteiger partial charge in [-0.05, 0) is 37.1 Å². The lowest BCUT2D eigenvalue weighted by molar-refractivity contribution is -0.210. The number of rotatable bonds is 3. The van der Waals surface area contributed by atoms with Gasteiger partial charge in [-0.25, -0.2) is 4.79 Å². The molecule has 5 heteroatoms. The minimum Gasteiger partial charge on any atom is -0.474 e. The Hall–Kier alpha value is -1.65. The molecule has 0 aliphatic heterocycles. The van der Waals surface area contributed by atoms with Gasteiger partial charge in [-0.15, -0.1) is 0 Å². The third-order valence-corrected chi connectivity index (χ3v) is 1.97. The Balaban J connectivity index is 2.91. The van der Waals surface area contributed by atoms with Crippen LogP contribution in [0.2, 0.25) is 0 Å². The van der Waals surface area contributed by atoms with Crippen LogP contribution in [0.25, 0.3) is 0 Å². The zero-order chi connectivity index (χ0) is 11.6. The Kier molecular flexibility index (Phi) is 2.93. The van der Waals surface area contributed by atoms with E-state index in [1.165, 1.54) is 12.1 Å². The van der Waals surface area contributed by atoms with Gasteiger partial charge in [0.05, 0.1) is 0 Å². The van der Waals surface area contributed by atoms with Crippen molar-refractivity contribution in [3.05, 3.63) is 29.3 Å². The minimum absolute atomic E-state index is 0.162. The van der Waals surface area contributed by atoms with Gasteiger partial charge in [0.2, 0.25) is 0 Å². The molecule has 15 heavy (non-hydrogen) atoms. The minimum atomic E-state index is -4.19. The van der Waals surface area contributed by atoms with E-state index in [-0.39, 0.29) is 5.75 Å². The summed E-state index contributed by atoms with van der Waals surface area (Å²) >= 11 is 0. The topological polar surface area (TPSA) is 46.5 Å². The molecule has 1 aromatic carbocycles. The van der Waals surface area contributed by atoms with Gasteiger partial charge in [-0.3, -0.25) is 0 Å². The quantitative estimate of drug-likeness (QED) is 0.843. The van der Waals surface area contributed by atoms with E-state index >= 15 is 0 Å². The van der Waals surface area contributed by atoms with E-state index in [1.807, 2.05) is 6.92 Å². The molecule has 0 fully saturated rings. The fourth-order valence-corrected chi connectivity index (χ4v) is 0.969. The van der Waals surface area contributed by atoms with E-state index in [4.69, 9.17) is 5.11 Å². The summed E-state index contributed by atoms with van der Waals surface area (Å²) in [4.78, 5) is 10.1. The second-order valence-electron chi connectivity index (χ2n) is 3.17. The van der Waals surface area contributed by atoms with Crippen LogP contribution >= 0.6 is 0 Å². The van der Waals surface area contributed by atoms with Crippen LogP contribution in [0.4, 0.5) is 8.78 Å². The summed E-state index contributed by atoms with van der Waals surface area (Å²) in [5, 5.41) is 8.15. The van der Waals surface area contributed by atoms with Gasteiger partial charge in [0.15, 0.2) is 0 Å². The highest BCUT2D eigenvalue weighted by molar-refractivity contribution is 5.73.